The van der Waals surface area contributed by atoms with Crippen molar-refractivity contribution in [2.24, 2.45) is 0 Å². The van der Waals surface area contributed by atoms with Gasteiger partial charge in [0.15, 0.2) is 5.13 Å². The zero-order chi connectivity index (χ0) is 13.4. The van der Waals surface area contributed by atoms with E-state index in [0.29, 0.717) is 16.8 Å². The number of nitrogen functional groups attached to an aromatic ring is 1. The minimum absolute atomic E-state index is 0.446. The molecular formula is C12H9BrN4OS. The van der Waals surface area contributed by atoms with Crippen LogP contribution in [0.2, 0.25) is 0 Å². The van der Waals surface area contributed by atoms with Crippen LogP contribution in [0.4, 0.5) is 5.13 Å². The predicted molar refractivity (Wildman–Crippen MR) is 77.7 cm³/mol. The van der Waals surface area contributed by atoms with Crippen LogP contribution in [0, 0.1) is 6.92 Å². The molecule has 0 aliphatic carbocycles. The molecule has 0 aliphatic rings. The van der Waals surface area contributed by atoms with Crippen molar-refractivity contribution in [3.05, 3.63) is 34.4 Å². The Balaban J connectivity index is 2.02. The molecule has 0 aliphatic heterocycles. The van der Waals surface area contributed by atoms with Crippen molar-refractivity contribution in [3.8, 4) is 22.2 Å². The molecule has 2 heterocycles. The lowest BCUT2D eigenvalue weighted by atomic mass is 10.2. The Bertz CT molecular complexity index is 737. The van der Waals surface area contributed by atoms with Crippen LogP contribution in [0.3, 0.4) is 0 Å². The molecule has 0 radical (unpaired) electrons. The van der Waals surface area contributed by atoms with E-state index in [1.165, 1.54) is 11.3 Å². The van der Waals surface area contributed by atoms with Crippen molar-refractivity contribution in [3.63, 3.8) is 0 Å². The van der Waals surface area contributed by atoms with E-state index >= 15 is 0 Å². The number of rotatable bonds is 2. The van der Waals surface area contributed by atoms with E-state index in [1.54, 1.807) is 0 Å². The van der Waals surface area contributed by atoms with Gasteiger partial charge in [0.25, 0.3) is 5.89 Å². The molecule has 0 atom stereocenters. The lowest BCUT2D eigenvalue weighted by Gasteiger charge is -1.93. The second-order valence-corrected chi connectivity index (χ2v) is 5.85. The molecule has 96 valence electrons. The number of thiazole rings is 1. The first-order valence-electron chi connectivity index (χ1n) is 5.46. The fraction of sp³-hybridized carbons (Fsp3) is 0.0833. The molecule has 2 aromatic heterocycles. The maximum absolute atomic E-state index is 5.67. The van der Waals surface area contributed by atoms with Crippen LogP contribution >= 0.6 is 27.3 Å². The Morgan fingerprint density at radius 1 is 1.32 bits per heavy atom. The Kier molecular flexibility index (Phi) is 3.08. The average molecular weight is 337 g/mol. The highest BCUT2D eigenvalue weighted by molar-refractivity contribution is 9.10. The smallest absolute Gasteiger partial charge is 0.270 e. The fourth-order valence-corrected chi connectivity index (χ4v) is 2.83. The third kappa shape index (κ3) is 2.39. The number of nitrogens with zero attached hydrogens (tertiary/aromatic N) is 3. The van der Waals surface area contributed by atoms with Gasteiger partial charge < -0.3 is 10.3 Å². The minimum atomic E-state index is 0.446. The predicted octanol–water partition coefficient (Wildman–Crippen LogP) is 3.51. The number of hydrogen-bond donors (Lipinski definition) is 1. The normalized spacial score (nSPS) is 10.8. The quantitative estimate of drug-likeness (QED) is 0.774. The van der Waals surface area contributed by atoms with Gasteiger partial charge in [0.2, 0.25) is 5.82 Å². The Labute approximate surface area is 121 Å². The van der Waals surface area contributed by atoms with Crippen molar-refractivity contribution in [1.82, 2.24) is 15.1 Å². The zero-order valence-electron chi connectivity index (χ0n) is 9.92. The van der Waals surface area contributed by atoms with Crippen LogP contribution in [0.25, 0.3) is 22.2 Å². The summed E-state index contributed by atoms with van der Waals surface area (Å²) < 4.78 is 6.24. The lowest BCUT2D eigenvalue weighted by molar-refractivity contribution is 0.433. The third-order valence-electron chi connectivity index (χ3n) is 2.52. The maximum atomic E-state index is 5.67. The average Bonchev–Trinajstić information content (AvgIpc) is 2.96. The van der Waals surface area contributed by atoms with Crippen molar-refractivity contribution >= 4 is 32.4 Å². The highest BCUT2D eigenvalue weighted by atomic mass is 79.9. The van der Waals surface area contributed by atoms with Crippen LogP contribution in [0.15, 0.2) is 33.3 Å². The van der Waals surface area contributed by atoms with Crippen LogP contribution in [0.5, 0.6) is 0 Å². The Morgan fingerprint density at radius 2 is 2.16 bits per heavy atom. The van der Waals surface area contributed by atoms with E-state index < -0.39 is 0 Å². The summed E-state index contributed by atoms with van der Waals surface area (Å²) >= 11 is 4.76. The van der Waals surface area contributed by atoms with E-state index in [1.807, 2.05) is 31.2 Å². The van der Waals surface area contributed by atoms with Crippen LogP contribution in [0.1, 0.15) is 5.69 Å². The molecule has 0 bridgehead atoms. The second-order valence-electron chi connectivity index (χ2n) is 3.90. The topological polar surface area (TPSA) is 77.8 Å². The van der Waals surface area contributed by atoms with E-state index in [0.717, 1.165) is 20.6 Å². The first-order chi connectivity index (χ1) is 9.13. The summed E-state index contributed by atoms with van der Waals surface area (Å²) in [6, 6.07) is 7.72. The van der Waals surface area contributed by atoms with Gasteiger partial charge in [0.1, 0.15) is 4.88 Å². The summed E-state index contributed by atoms with van der Waals surface area (Å²) in [6.07, 6.45) is 0. The molecule has 0 saturated heterocycles. The fourth-order valence-electron chi connectivity index (χ4n) is 1.68. The van der Waals surface area contributed by atoms with E-state index in [4.69, 9.17) is 10.3 Å². The first-order valence-corrected chi connectivity index (χ1v) is 7.07. The van der Waals surface area contributed by atoms with Crippen LogP contribution in [-0.4, -0.2) is 15.1 Å². The van der Waals surface area contributed by atoms with Gasteiger partial charge in [-0.2, -0.15) is 4.98 Å². The molecular weight excluding hydrogens is 328 g/mol. The molecule has 7 heteroatoms. The van der Waals surface area contributed by atoms with Gasteiger partial charge in [0, 0.05) is 10.0 Å². The Morgan fingerprint density at radius 3 is 2.84 bits per heavy atom. The first kappa shape index (κ1) is 12.3. The van der Waals surface area contributed by atoms with Crippen molar-refractivity contribution in [2.45, 2.75) is 6.92 Å². The standard InChI is InChI=1S/C12H9BrN4OS/c1-6-9(19-12(14)15-6)11-16-10(17-18-11)7-3-2-4-8(13)5-7/h2-5H,1H3,(H2,14,15). The largest absolute Gasteiger partial charge is 0.375 e. The lowest BCUT2D eigenvalue weighted by Crippen LogP contribution is -1.82. The van der Waals surface area contributed by atoms with Gasteiger partial charge in [-0.1, -0.05) is 44.6 Å². The summed E-state index contributed by atoms with van der Waals surface area (Å²) in [5.41, 5.74) is 7.35. The third-order valence-corrected chi connectivity index (χ3v) is 3.98. The van der Waals surface area contributed by atoms with Gasteiger partial charge >= 0.3 is 0 Å². The molecule has 0 saturated carbocycles. The molecule has 19 heavy (non-hydrogen) atoms. The summed E-state index contributed by atoms with van der Waals surface area (Å²) in [4.78, 5) is 9.34. The SMILES string of the molecule is Cc1nc(N)sc1-c1nc(-c2cccc(Br)c2)no1. The van der Waals surface area contributed by atoms with Crippen LogP contribution in [-0.2, 0) is 0 Å². The Hall–Kier alpha value is -1.73. The van der Waals surface area contributed by atoms with Gasteiger partial charge in [-0.15, -0.1) is 0 Å². The molecule has 2 N–H and O–H groups in total. The molecule has 0 spiro atoms. The molecule has 3 rings (SSSR count). The van der Waals surface area contributed by atoms with E-state index in [9.17, 15) is 0 Å². The molecule has 3 aromatic rings. The number of anilines is 1. The molecule has 0 amide bonds. The highest BCUT2D eigenvalue weighted by Crippen LogP contribution is 2.31. The number of benzene rings is 1. The highest BCUT2D eigenvalue weighted by Gasteiger charge is 2.16. The summed E-state index contributed by atoms with van der Waals surface area (Å²) in [5, 5.41) is 4.48. The van der Waals surface area contributed by atoms with Gasteiger partial charge in [-0.25, -0.2) is 4.98 Å². The monoisotopic (exact) mass is 336 g/mol. The number of aryl methyl sites for hydroxylation is 1. The summed E-state index contributed by atoms with van der Waals surface area (Å²) in [6.45, 7) is 1.87. The maximum Gasteiger partial charge on any atom is 0.270 e. The van der Waals surface area contributed by atoms with Crippen molar-refractivity contribution in [1.29, 1.82) is 0 Å². The van der Waals surface area contributed by atoms with Gasteiger partial charge in [0.05, 0.1) is 5.69 Å². The molecule has 5 nitrogen and oxygen atoms in total. The number of halogens is 1. The van der Waals surface area contributed by atoms with Crippen LogP contribution < -0.4 is 5.73 Å². The zero-order valence-corrected chi connectivity index (χ0v) is 12.3. The summed E-state index contributed by atoms with van der Waals surface area (Å²) in [5.74, 6) is 0.990. The van der Waals surface area contributed by atoms with E-state index in [2.05, 4.69) is 31.1 Å². The number of nitrogens with two attached hydrogens (primary N) is 1. The van der Waals surface area contributed by atoms with E-state index in [-0.39, 0.29) is 0 Å². The van der Waals surface area contributed by atoms with Gasteiger partial charge in [-0.05, 0) is 19.1 Å². The van der Waals surface area contributed by atoms with Crippen molar-refractivity contribution < 1.29 is 4.52 Å². The number of hydrogen-bond acceptors (Lipinski definition) is 6. The molecule has 0 fully saturated rings. The molecule has 0 unspecified atom stereocenters. The van der Waals surface area contributed by atoms with Gasteiger partial charge in [-0.3, -0.25) is 0 Å². The van der Waals surface area contributed by atoms with Crippen molar-refractivity contribution in [2.75, 3.05) is 5.73 Å². The second kappa shape index (κ2) is 4.75. The summed E-state index contributed by atoms with van der Waals surface area (Å²) in [7, 11) is 0. The minimum Gasteiger partial charge on any atom is -0.375 e. The molecule has 1 aromatic carbocycles. The number of aromatic nitrogens is 3.